The van der Waals surface area contributed by atoms with Crippen molar-refractivity contribution >= 4 is 5.69 Å². The fourth-order valence-corrected chi connectivity index (χ4v) is 1.78. The standard InChI is InChI=1S/C15H25NO2/c1-5-18-10-13-8-6-7-9-14(13)16-15(11-17-4)12(2)3/h6-9,12,15-16H,5,10-11H2,1-4H3. The van der Waals surface area contributed by atoms with Gasteiger partial charge in [-0.1, -0.05) is 32.0 Å². The van der Waals surface area contributed by atoms with Crippen LogP contribution in [0.2, 0.25) is 0 Å². The lowest BCUT2D eigenvalue weighted by molar-refractivity contribution is 0.134. The molecule has 1 N–H and O–H groups in total. The highest BCUT2D eigenvalue weighted by Crippen LogP contribution is 2.19. The molecule has 0 aromatic heterocycles. The Balaban J connectivity index is 2.74. The molecule has 0 radical (unpaired) electrons. The first-order chi connectivity index (χ1) is 8.69. The summed E-state index contributed by atoms with van der Waals surface area (Å²) in [6.07, 6.45) is 0. The highest BCUT2D eigenvalue weighted by atomic mass is 16.5. The maximum absolute atomic E-state index is 5.49. The van der Waals surface area contributed by atoms with E-state index in [-0.39, 0.29) is 0 Å². The van der Waals surface area contributed by atoms with Crippen LogP contribution in [0.25, 0.3) is 0 Å². The van der Waals surface area contributed by atoms with Crippen LogP contribution in [0.4, 0.5) is 5.69 Å². The molecule has 102 valence electrons. The van der Waals surface area contributed by atoms with Gasteiger partial charge >= 0.3 is 0 Å². The first-order valence-corrected chi connectivity index (χ1v) is 6.60. The number of para-hydroxylation sites is 1. The van der Waals surface area contributed by atoms with Crippen LogP contribution in [0.3, 0.4) is 0 Å². The third-order valence-electron chi connectivity index (χ3n) is 2.97. The number of methoxy groups -OCH3 is 1. The van der Waals surface area contributed by atoms with Gasteiger partial charge in [-0.15, -0.1) is 0 Å². The Morgan fingerprint density at radius 1 is 1.22 bits per heavy atom. The average Bonchev–Trinajstić information content (AvgIpc) is 2.37. The Hall–Kier alpha value is -1.06. The minimum Gasteiger partial charge on any atom is -0.383 e. The van der Waals surface area contributed by atoms with Gasteiger partial charge in [0, 0.05) is 25.0 Å². The molecule has 3 heteroatoms. The molecule has 1 aromatic rings. The molecule has 1 atom stereocenters. The molecule has 0 saturated carbocycles. The van der Waals surface area contributed by atoms with Crippen molar-refractivity contribution in [1.29, 1.82) is 0 Å². The van der Waals surface area contributed by atoms with Crippen molar-refractivity contribution in [3.05, 3.63) is 29.8 Å². The predicted octanol–water partition coefficient (Wildman–Crippen LogP) is 3.31. The predicted molar refractivity (Wildman–Crippen MR) is 75.9 cm³/mol. The molecule has 0 heterocycles. The molecule has 0 bridgehead atoms. The average molecular weight is 251 g/mol. The summed E-state index contributed by atoms with van der Waals surface area (Å²) in [6.45, 7) is 8.50. The van der Waals surface area contributed by atoms with Crippen molar-refractivity contribution in [1.82, 2.24) is 0 Å². The Morgan fingerprint density at radius 2 is 1.94 bits per heavy atom. The quantitative estimate of drug-likeness (QED) is 0.769. The summed E-state index contributed by atoms with van der Waals surface area (Å²) < 4.78 is 10.8. The lowest BCUT2D eigenvalue weighted by Crippen LogP contribution is -2.30. The number of anilines is 1. The SMILES string of the molecule is CCOCc1ccccc1NC(COC)C(C)C. The van der Waals surface area contributed by atoms with Crippen molar-refractivity contribution in [2.24, 2.45) is 5.92 Å². The van der Waals surface area contributed by atoms with Crippen molar-refractivity contribution < 1.29 is 9.47 Å². The zero-order valence-corrected chi connectivity index (χ0v) is 11.9. The van der Waals surface area contributed by atoms with Crippen LogP contribution in [0.1, 0.15) is 26.3 Å². The fourth-order valence-electron chi connectivity index (χ4n) is 1.78. The van der Waals surface area contributed by atoms with E-state index in [1.807, 2.05) is 19.1 Å². The summed E-state index contributed by atoms with van der Waals surface area (Å²) in [6, 6.07) is 8.60. The number of hydrogen-bond donors (Lipinski definition) is 1. The molecule has 0 saturated heterocycles. The van der Waals surface area contributed by atoms with E-state index < -0.39 is 0 Å². The molecule has 0 amide bonds. The second-order valence-electron chi connectivity index (χ2n) is 4.74. The van der Waals surface area contributed by atoms with E-state index in [9.17, 15) is 0 Å². The molecular formula is C15H25NO2. The molecule has 0 aliphatic rings. The molecule has 1 rings (SSSR count). The lowest BCUT2D eigenvalue weighted by Gasteiger charge is -2.24. The molecule has 0 fully saturated rings. The van der Waals surface area contributed by atoms with Crippen LogP contribution in [0.5, 0.6) is 0 Å². The Bertz CT molecular complexity index is 339. The normalized spacial score (nSPS) is 12.7. The van der Waals surface area contributed by atoms with Crippen LogP contribution in [0.15, 0.2) is 24.3 Å². The summed E-state index contributed by atoms with van der Waals surface area (Å²) in [5.41, 5.74) is 2.34. The van der Waals surface area contributed by atoms with Gasteiger partial charge < -0.3 is 14.8 Å². The topological polar surface area (TPSA) is 30.5 Å². The zero-order valence-electron chi connectivity index (χ0n) is 11.9. The zero-order chi connectivity index (χ0) is 13.4. The molecule has 1 unspecified atom stereocenters. The van der Waals surface area contributed by atoms with Gasteiger partial charge in [0.05, 0.1) is 19.3 Å². The summed E-state index contributed by atoms with van der Waals surface area (Å²) >= 11 is 0. The number of nitrogens with one attached hydrogen (secondary N) is 1. The van der Waals surface area contributed by atoms with E-state index in [4.69, 9.17) is 9.47 Å². The first-order valence-electron chi connectivity index (χ1n) is 6.60. The van der Waals surface area contributed by atoms with E-state index >= 15 is 0 Å². The van der Waals surface area contributed by atoms with Gasteiger partial charge in [0.1, 0.15) is 0 Å². The van der Waals surface area contributed by atoms with E-state index in [1.54, 1.807) is 7.11 Å². The maximum Gasteiger partial charge on any atom is 0.0736 e. The Labute approximate surface area is 110 Å². The highest BCUT2D eigenvalue weighted by Gasteiger charge is 2.14. The second kappa shape index (κ2) is 8.11. The number of benzene rings is 1. The van der Waals surface area contributed by atoms with Gasteiger partial charge in [0.2, 0.25) is 0 Å². The third-order valence-corrected chi connectivity index (χ3v) is 2.97. The summed E-state index contributed by atoms with van der Waals surface area (Å²) in [5.74, 6) is 0.519. The molecule has 18 heavy (non-hydrogen) atoms. The molecule has 1 aromatic carbocycles. The molecule has 0 aliphatic heterocycles. The van der Waals surface area contributed by atoms with Crippen molar-refractivity contribution in [2.75, 3.05) is 25.6 Å². The number of hydrogen-bond acceptors (Lipinski definition) is 3. The maximum atomic E-state index is 5.49. The minimum absolute atomic E-state index is 0.317. The monoisotopic (exact) mass is 251 g/mol. The molecule has 3 nitrogen and oxygen atoms in total. The summed E-state index contributed by atoms with van der Waals surface area (Å²) in [7, 11) is 1.74. The Morgan fingerprint density at radius 3 is 2.56 bits per heavy atom. The lowest BCUT2D eigenvalue weighted by atomic mass is 10.0. The second-order valence-corrected chi connectivity index (χ2v) is 4.74. The fraction of sp³-hybridized carbons (Fsp3) is 0.600. The van der Waals surface area contributed by atoms with Crippen molar-refractivity contribution in [3.8, 4) is 0 Å². The van der Waals surface area contributed by atoms with Gasteiger partial charge in [0.15, 0.2) is 0 Å². The molecule has 0 spiro atoms. The van der Waals surface area contributed by atoms with Crippen LogP contribution >= 0.6 is 0 Å². The molecule has 0 aliphatic carbocycles. The van der Waals surface area contributed by atoms with E-state index in [1.165, 1.54) is 5.56 Å². The van der Waals surface area contributed by atoms with Gasteiger partial charge in [-0.25, -0.2) is 0 Å². The van der Waals surface area contributed by atoms with E-state index in [0.717, 1.165) is 12.3 Å². The van der Waals surface area contributed by atoms with E-state index in [0.29, 0.717) is 25.2 Å². The number of ether oxygens (including phenoxy) is 2. The third kappa shape index (κ3) is 4.67. The summed E-state index contributed by atoms with van der Waals surface area (Å²) in [4.78, 5) is 0. The van der Waals surface area contributed by atoms with Gasteiger partial charge in [-0.05, 0) is 18.9 Å². The van der Waals surface area contributed by atoms with Crippen molar-refractivity contribution in [2.45, 2.75) is 33.4 Å². The highest BCUT2D eigenvalue weighted by molar-refractivity contribution is 5.51. The smallest absolute Gasteiger partial charge is 0.0736 e. The first kappa shape index (κ1) is 15.0. The van der Waals surface area contributed by atoms with Gasteiger partial charge in [0.25, 0.3) is 0 Å². The minimum atomic E-state index is 0.317. The van der Waals surface area contributed by atoms with Crippen LogP contribution in [-0.2, 0) is 16.1 Å². The molecular weight excluding hydrogens is 226 g/mol. The van der Waals surface area contributed by atoms with Crippen LogP contribution in [0, 0.1) is 5.92 Å². The summed E-state index contributed by atoms with van der Waals surface area (Å²) in [5, 5.41) is 3.55. The largest absolute Gasteiger partial charge is 0.383 e. The van der Waals surface area contributed by atoms with Gasteiger partial charge in [-0.3, -0.25) is 0 Å². The van der Waals surface area contributed by atoms with Crippen molar-refractivity contribution in [3.63, 3.8) is 0 Å². The van der Waals surface area contributed by atoms with Crippen LogP contribution in [-0.4, -0.2) is 26.4 Å². The Kier molecular flexibility index (Phi) is 6.76. The number of rotatable bonds is 8. The van der Waals surface area contributed by atoms with E-state index in [2.05, 4.69) is 31.3 Å². The van der Waals surface area contributed by atoms with Gasteiger partial charge in [-0.2, -0.15) is 0 Å². The van der Waals surface area contributed by atoms with Crippen LogP contribution < -0.4 is 5.32 Å².